The predicted molar refractivity (Wildman–Crippen MR) is 78.9 cm³/mol. The van der Waals surface area contributed by atoms with E-state index in [2.05, 4.69) is 16.5 Å². The maximum Gasteiger partial charge on any atom is 0.284 e. The monoisotopic (exact) mass is 287 g/mol. The molecule has 3 N–H and O–H groups in total. The lowest BCUT2D eigenvalue weighted by atomic mass is 10.2. The molecule has 21 heavy (non-hydrogen) atoms. The SMILES string of the molecule is COc1ccc(CNCCCn2c[c]nc2C(N)=O)cc1. The number of nitrogens with zero attached hydrogens (tertiary/aromatic N) is 2. The van der Waals surface area contributed by atoms with Crippen LogP contribution < -0.4 is 15.8 Å². The van der Waals surface area contributed by atoms with Crippen molar-refractivity contribution in [2.75, 3.05) is 13.7 Å². The van der Waals surface area contributed by atoms with Crippen LogP contribution in [-0.2, 0) is 13.1 Å². The molecule has 6 heteroatoms. The van der Waals surface area contributed by atoms with Crippen LogP contribution in [0.25, 0.3) is 0 Å². The van der Waals surface area contributed by atoms with Crippen LogP contribution in [0.3, 0.4) is 0 Å². The molecule has 0 saturated carbocycles. The second-order valence-electron chi connectivity index (χ2n) is 4.63. The summed E-state index contributed by atoms with van der Waals surface area (Å²) in [6, 6.07) is 7.94. The van der Waals surface area contributed by atoms with Crippen molar-refractivity contribution < 1.29 is 9.53 Å². The second kappa shape index (κ2) is 7.44. The van der Waals surface area contributed by atoms with Gasteiger partial charge in [-0.1, -0.05) is 12.1 Å². The molecule has 2 aromatic rings. The first kappa shape index (κ1) is 15.1. The Labute approximate surface area is 123 Å². The van der Waals surface area contributed by atoms with Gasteiger partial charge in [0.2, 0.25) is 0 Å². The molecule has 0 fully saturated rings. The Morgan fingerprint density at radius 2 is 2.19 bits per heavy atom. The lowest BCUT2D eigenvalue weighted by Gasteiger charge is -2.07. The van der Waals surface area contributed by atoms with Crippen molar-refractivity contribution in [2.24, 2.45) is 5.73 Å². The number of aromatic nitrogens is 2. The minimum atomic E-state index is -0.526. The van der Waals surface area contributed by atoms with Crippen LogP contribution in [0.4, 0.5) is 0 Å². The summed E-state index contributed by atoms with van der Waals surface area (Å²) >= 11 is 0. The van der Waals surface area contributed by atoms with Crippen molar-refractivity contribution in [1.29, 1.82) is 0 Å². The first-order valence-electron chi connectivity index (χ1n) is 6.77. The van der Waals surface area contributed by atoms with Gasteiger partial charge < -0.3 is 20.4 Å². The van der Waals surface area contributed by atoms with Gasteiger partial charge in [0.15, 0.2) is 5.82 Å². The Morgan fingerprint density at radius 1 is 1.43 bits per heavy atom. The summed E-state index contributed by atoms with van der Waals surface area (Å²) in [6.45, 7) is 2.32. The third-order valence-corrected chi connectivity index (χ3v) is 3.12. The van der Waals surface area contributed by atoms with Gasteiger partial charge in [0.1, 0.15) is 11.9 Å². The minimum Gasteiger partial charge on any atom is -0.497 e. The summed E-state index contributed by atoms with van der Waals surface area (Å²) in [5.41, 5.74) is 6.42. The quantitative estimate of drug-likeness (QED) is 0.709. The number of primary amides is 1. The lowest BCUT2D eigenvalue weighted by Crippen LogP contribution is -2.20. The van der Waals surface area contributed by atoms with Crippen molar-refractivity contribution in [3.05, 3.63) is 48.0 Å². The maximum atomic E-state index is 11.1. The van der Waals surface area contributed by atoms with E-state index < -0.39 is 5.91 Å². The van der Waals surface area contributed by atoms with Crippen LogP contribution in [0, 0.1) is 6.20 Å². The van der Waals surface area contributed by atoms with Gasteiger partial charge in [-0.05, 0) is 30.7 Å². The highest BCUT2D eigenvalue weighted by atomic mass is 16.5. The van der Waals surface area contributed by atoms with E-state index in [-0.39, 0.29) is 5.82 Å². The maximum absolute atomic E-state index is 11.1. The fraction of sp³-hybridized carbons (Fsp3) is 0.333. The molecule has 111 valence electrons. The molecule has 0 unspecified atom stereocenters. The number of methoxy groups -OCH3 is 1. The number of ether oxygens (including phenoxy) is 1. The van der Waals surface area contributed by atoms with Gasteiger partial charge in [-0.15, -0.1) is 0 Å². The van der Waals surface area contributed by atoms with E-state index in [1.807, 2.05) is 24.3 Å². The molecule has 2 rings (SSSR count). The number of rotatable bonds is 8. The summed E-state index contributed by atoms with van der Waals surface area (Å²) in [4.78, 5) is 14.9. The topological polar surface area (TPSA) is 82.2 Å². The molecule has 1 aromatic heterocycles. The summed E-state index contributed by atoms with van der Waals surface area (Å²) in [5.74, 6) is 0.585. The molecule has 1 radical (unpaired) electrons. The molecule has 0 aliphatic carbocycles. The molecular formula is C15H19N4O2. The summed E-state index contributed by atoms with van der Waals surface area (Å²) in [5, 5.41) is 3.35. The van der Waals surface area contributed by atoms with Crippen molar-refractivity contribution in [3.8, 4) is 5.75 Å². The molecule has 1 aromatic carbocycles. The Kier molecular flexibility index (Phi) is 5.34. The number of carbonyl (C=O) groups is 1. The number of aryl methyl sites for hydroxylation is 1. The normalized spacial score (nSPS) is 10.5. The van der Waals surface area contributed by atoms with Crippen LogP contribution in [0.1, 0.15) is 22.6 Å². The summed E-state index contributed by atoms with van der Waals surface area (Å²) in [7, 11) is 1.65. The molecule has 0 spiro atoms. The van der Waals surface area contributed by atoms with Gasteiger partial charge >= 0.3 is 0 Å². The highest BCUT2D eigenvalue weighted by Crippen LogP contribution is 2.10. The number of nitrogens with two attached hydrogens (primary N) is 1. The van der Waals surface area contributed by atoms with Crippen molar-refractivity contribution in [3.63, 3.8) is 0 Å². The molecule has 0 aliphatic heterocycles. The fourth-order valence-electron chi connectivity index (χ4n) is 2.00. The number of benzene rings is 1. The van der Waals surface area contributed by atoms with Gasteiger partial charge in [-0.3, -0.25) is 4.79 Å². The fourth-order valence-corrected chi connectivity index (χ4v) is 2.00. The van der Waals surface area contributed by atoms with E-state index in [1.54, 1.807) is 17.9 Å². The van der Waals surface area contributed by atoms with Crippen LogP contribution >= 0.6 is 0 Å². The van der Waals surface area contributed by atoms with Crippen molar-refractivity contribution in [1.82, 2.24) is 14.9 Å². The second-order valence-corrected chi connectivity index (χ2v) is 4.63. The number of hydrogen-bond acceptors (Lipinski definition) is 4. The van der Waals surface area contributed by atoms with Gasteiger partial charge in [0, 0.05) is 19.3 Å². The first-order chi connectivity index (χ1) is 10.2. The third kappa shape index (κ3) is 4.32. The van der Waals surface area contributed by atoms with Gasteiger partial charge in [0.05, 0.1) is 7.11 Å². The largest absolute Gasteiger partial charge is 0.497 e. The smallest absolute Gasteiger partial charge is 0.284 e. The average molecular weight is 287 g/mol. The minimum absolute atomic E-state index is 0.255. The van der Waals surface area contributed by atoms with Crippen LogP contribution in [-0.4, -0.2) is 29.1 Å². The molecule has 0 saturated heterocycles. The number of hydrogen-bond donors (Lipinski definition) is 2. The Bertz CT molecular complexity index is 578. The van der Waals surface area contributed by atoms with Gasteiger partial charge in [-0.25, -0.2) is 4.98 Å². The van der Waals surface area contributed by atoms with Crippen LogP contribution in [0.2, 0.25) is 0 Å². The first-order valence-corrected chi connectivity index (χ1v) is 6.77. The molecule has 0 atom stereocenters. The molecule has 0 bridgehead atoms. The Morgan fingerprint density at radius 3 is 2.86 bits per heavy atom. The van der Waals surface area contributed by atoms with E-state index >= 15 is 0 Å². The zero-order chi connectivity index (χ0) is 15.1. The highest BCUT2D eigenvalue weighted by molar-refractivity contribution is 5.89. The number of amides is 1. The number of carbonyl (C=O) groups excluding carboxylic acids is 1. The van der Waals surface area contributed by atoms with E-state index in [0.29, 0.717) is 6.54 Å². The van der Waals surface area contributed by atoms with E-state index in [9.17, 15) is 4.79 Å². The van der Waals surface area contributed by atoms with Crippen molar-refractivity contribution >= 4 is 5.91 Å². The lowest BCUT2D eigenvalue weighted by molar-refractivity contribution is 0.0986. The Hall–Kier alpha value is -2.34. The molecular weight excluding hydrogens is 268 g/mol. The van der Waals surface area contributed by atoms with Crippen LogP contribution in [0.5, 0.6) is 5.75 Å². The number of imidazole rings is 1. The molecule has 1 amide bonds. The molecule has 1 heterocycles. The van der Waals surface area contributed by atoms with Crippen molar-refractivity contribution in [2.45, 2.75) is 19.5 Å². The van der Waals surface area contributed by atoms with E-state index in [4.69, 9.17) is 10.5 Å². The standard InChI is InChI=1S/C15H19N4O2/c1-21-13-5-3-12(4-6-13)11-17-7-2-9-19-10-8-18-15(19)14(16)20/h3-6,10,17H,2,7,9,11H2,1H3,(H2,16,20). The number of nitrogens with one attached hydrogen (secondary N) is 1. The Balaban J connectivity index is 1.70. The summed E-state index contributed by atoms with van der Waals surface area (Å²) < 4.78 is 6.83. The van der Waals surface area contributed by atoms with Gasteiger partial charge in [-0.2, -0.15) is 0 Å². The average Bonchev–Trinajstić information content (AvgIpc) is 2.96. The molecule has 0 aliphatic rings. The zero-order valence-corrected chi connectivity index (χ0v) is 12.0. The zero-order valence-electron chi connectivity index (χ0n) is 12.0. The summed E-state index contributed by atoms with van der Waals surface area (Å²) in [6.07, 6.45) is 5.16. The van der Waals surface area contributed by atoms with Crippen LogP contribution in [0.15, 0.2) is 30.5 Å². The van der Waals surface area contributed by atoms with E-state index in [1.165, 1.54) is 5.56 Å². The van der Waals surface area contributed by atoms with E-state index in [0.717, 1.165) is 25.3 Å². The highest BCUT2D eigenvalue weighted by Gasteiger charge is 2.07. The third-order valence-electron chi connectivity index (χ3n) is 3.12. The van der Waals surface area contributed by atoms with Gasteiger partial charge in [0.25, 0.3) is 5.91 Å². The predicted octanol–water partition coefficient (Wildman–Crippen LogP) is 0.971. The molecule has 6 nitrogen and oxygen atoms in total.